The zero-order valence-electron chi connectivity index (χ0n) is 13.6. The number of fused-ring (bicyclic) bond motifs is 1. The van der Waals surface area contributed by atoms with Gasteiger partial charge in [-0.05, 0) is 60.2 Å². The summed E-state index contributed by atoms with van der Waals surface area (Å²) in [7, 11) is 0. The summed E-state index contributed by atoms with van der Waals surface area (Å²) in [6.07, 6.45) is 6.64. The summed E-state index contributed by atoms with van der Waals surface area (Å²) < 4.78 is 1.64. The van der Waals surface area contributed by atoms with Crippen LogP contribution in [0.3, 0.4) is 0 Å². The van der Waals surface area contributed by atoms with Crippen LogP contribution < -0.4 is 5.32 Å². The minimum absolute atomic E-state index is 0.0324. The predicted molar refractivity (Wildman–Crippen MR) is 89.8 cm³/mol. The van der Waals surface area contributed by atoms with E-state index in [-0.39, 0.29) is 6.03 Å². The van der Waals surface area contributed by atoms with Crippen molar-refractivity contribution in [2.45, 2.75) is 19.8 Å². The maximum Gasteiger partial charge on any atom is 0.321 e. The number of benzene rings is 1. The van der Waals surface area contributed by atoms with E-state index in [4.69, 9.17) is 0 Å². The van der Waals surface area contributed by atoms with Crippen molar-refractivity contribution < 1.29 is 4.79 Å². The Hall–Kier alpha value is -2.70. The van der Waals surface area contributed by atoms with Crippen LogP contribution in [0.1, 0.15) is 18.7 Å². The summed E-state index contributed by atoms with van der Waals surface area (Å²) in [4.78, 5) is 14.5. The molecule has 2 aliphatic rings. The van der Waals surface area contributed by atoms with Crippen molar-refractivity contribution in [1.82, 2.24) is 25.1 Å². The van der Waals surface area contributed by atoms with E-state index in [9.17, 15) is 4.79 Å². The highest BCUT2D eigenvalue weighted by Gasteiger charge is 2.35. The van der Waals surface area contributed by atoms with Gasteiger partial charge in [0, 0.05) is 18.8 Å². The normalized spacial score (nSPS) is 22.5. The highest BCUT2D eigenvalue weighted by molar-refractivity contribution is 5.89. The SMILES string of the molecule is Cc1nnnn1-c1cccc(NC(=O)N2C[C@H]3CC=CC[C@H]3C2)c1. The first-order chi connectivity index (χ1) is 11.7. The van der Waals surface area contributed by atoms with E-state index in [0.29, 0.717) is 17.7 Å². The largest absolute Gasteiger partial charge is 0.324 e. The number of aromatic nitrogens is 4. The van der Waals surface area contributed by atoms with Crippen LogP contribution in [0.25, 0.3) is 5.69 Å². The molecule has 24 heavy (non-hydrogen) atoms. The second kappa shape index (κ2) is 6.07. The van der Waals surface area contributed by atoms with Crippen LogP contribution in [0.2, 0.25) is 0 Å². The Labute approximate surface area is 140 Å². The summed E-state index contributed by atoms with van der Waals surface area (Å²) >= 11 is 0. The summed E-state index contributed by atoms with van der Waals surface area (Å²) in [5.74, 6) is 1.92. The smallest absolute Gasteiger partial charge is 0.321 e. The van der Waals surface area contributed by atoms with Crippen molar-refractivity contribution >= 4 is 11.7 Å². The van der Waals surface area contributed by atoms with Gasteiger partial charge in [-0.25, -0.2) is 4.79 Å². The molecule has 7 heteroatoms. The molecule has 0 spiro atoms. The van der Waals surface area contributed by atoms with Crippen LogP contribution in [0.4, 0.5) is 10.5 Å². The molecule has 7 nitrogen and oxygen atoms in total. The van der Waals surface area contributed by atoms with Gasteiger partial charge < -0.3 is 10.2 Å². The highest BCUT2D eigenvalue weighted by atomic mass is 16.2. The van der Waals surface area contributed by atoms with Crippen molar-refractivity contribution in [3.05, 3.63) is 42.2 Å². The summed E-state index contributed by atoms with van der Waals surface area (Å²) in [5, 5.41) is 14.5. The zero-order chi connectivity index (χ0) is 16.5. The fourth-order valence-electron chi connectivity index (χ4n) is 3.57. The lowest BCUT2D eigenvalue weighted by molar-refractivity contribution is 0.220. The van der Waals surface area contributed by atoms with Gasteiger partial charge in [0.1, 0.15) is 0 Å². The van der Waals surface area contributed by atoms with Gasteiger partial charge in [0.25, 0.3) is 0 Å². The third-order valence-electron chi connectivity index (χ3n) is 4.88. The molecule has 4 rings (SSSR count). The van der Waals surface area contributed by atoms with E-state index in [1.54, 1.807) is 4.68 Å². The molecule has 1 fully saturated rings. The van der Waals surface area contributed by atoms with E-state index in [1.807, 2.05) is 36.1 Å². The van der Waals surface area contributed by atoms with Crippen LogP contribution in [0.5, 0.6) is 0 Å². The lowest BCUT2D eigenvalue weighted by atomic mass is 9.86. The van der Waals surface area contributed by atoms with E-state index >= 15 is 0 Å². The second-order valence-electron chi connectivity index (χ2n) is 6.49. The third-order valence-corrected chi connectivity index (χ3v) is 4.88. The highest BCUT2D eigenvalue weighted by Crippen LogP contribution is 2.33. The van der Waals surface area contributed by atoms with E-state index < -0.39 is 0 Å². The standard InChI is InChI=1S/C17H20N6O/c1-12-19-20-21-23(12)16-8-4-7-15(9-16)18-17(24)22-10-13-5-2-3-6-14(13)11-22/h2-4,7-9,13-14H,5-6,10-11H2,1H3,(H,18,24)/t13-,14+. The molecule has 1 aromatic heterocycles. The summed E-state index contributed by atoms with van der Waals surface area (Å²) in [6.45, 7) is 3.52. The first-order valence-electron chi connectivity index (χ1n) is 8.27. The quantitative estimate of drug-likeness (QED) is 0.861. The number of hydrogen-bond donors (Lipinski definition) is 1. The number of anilines is 1. The molecule has 0 unspecified atom stereocenters. The molecule has 1 aliphatic carbocycles. The molecule has 2 atom stereocenters. The molecule has 124 valence electrons. The molecular formula is C17H20N6O. The molecular weight excluding hydrogens is 304 g/mol. The van der Waals surface area contributed by atoms with Gasteiger partial charge in [-0.2, -0.15) is 4.68 Å². The predicted octanol–water partition coefficient (Wildman–Crippen LogP) is 2.40. The third kappa shape index (κ3) is 2.77. The Kier molecular flexibility index (Phi) is 3.76. The lowest BCUT2D eigenvalue weighted by Gasteiger charge is -2.17. The van der Waals surface area contributed by atoms with E-state index in [1.165, 1.54) is 0 Å². The van der Waals surface area contributed by atoms with E-state index in [0.717, 1.165) is 37.3 Å². The molecule has 0 radical (unpaired) electrons. The molecule has 0 bridgehead atoms. The number of allylic oxidation sites excluding steroid dienone is 2. The Balaban J connectivity index is 1.46. The van der Waals surface area contributed by atoms with Gasteiger partial charge in [0.15, 0.2) is 5.82 Å². The molecule has 2 aromatic rings. The Morgan fingerprint density at radius 3 is 2.62 bits per heavy atom. The molecule has 1 aromatic carbocycles. The number of carbonyl (C=O) groups excluding carboxylic acids is 1. The fraction of sp³-hybridized carbons (Fsp3) is 0.412. The average molecular weight is 324 g/mol. The number of carbonyl (C=O) groups is 1. The number of urea groups is 1. The van der Waals surface area contributed by atoms with Gasteiger partial charge >= 0.3 is 6.03 Å². The molecule has 1 N–H and O–H groups in total. The van der Waals surface area contributed by atoms with Crippen molar-refractivity contribution in [3.63, 3.8) is 0 Å². The summed E-state index contributed by atoms with van der Waals surface area (Å²) in [5.41, 5.74) is 1.58. The van der Waals surface area contributed by atoms with Crippen LogP contribution >= 0.6 is 0 Å². The molecule has 1 aliphatic heterocycles. The fourth-order valence-corrected chi connectivity index (χ4v) is 3.57. The maximum atomic E-state index is 12.6. The van der Waals surface area contributed by atoms with Crippen LogP contribution in [0, 0.1) is 18.8 Å². The first-order valence-corrected chi connectivity index (χ1v) is 8.27. The van der Waals surface area contributed by atoms with Crippen LogP contribution in [0.15, 0.2) is 36.4 Å². The Bertz CT molecular complexity index is 767. The second-order valence-corrected chi connectivity index (χ2v) is 6.49. The topological polar surface area (TPSA) is 75.9 Å². The van der Waals surface area contributed by atoms with Gasteiger partial charge in [0.2, 0.25) is 0 Å². The van der Waals surface area contributed by atoms with Gasteiger partial charge in [0.05, 0.1) is 5.69 Å². The number of hydrogen-bond acceptors (Lipinski definition) is 4. The summed E-state index contributed by atoms with van der Waals surface area (Å²) in [6, 6.07) is 7.53. The first kappa shape index (κ1) is 14.9. The van der Waals surface area contributed by atoms with Crippen molar-refractivity contribution in [1.29, 1.82) is 0 Å². The van der Waals surface area contributed by atoms with Crippen molar-refractivity contribution in [3.8, 4) is 5.69 Å². The lowest BCUT2D eigenvalue weighted by Crippen LogP contribution is -2.33. The average Bonchev–Trinajstić information content (AvgIpc) is 3.21. The monoisotopic (exact) mass is 324 g/mol. The number of nitrogens with zero attached hydrogens (tertiary/aromatic N) is 5. The maximum absolute atomic E-state index is 12.6. The van der Waals surface area contributed by atoms with Crippen molar-refractivity contribution in [2.24, 2.45) is 11.8 Å². The number of amides is 2. The number of nitrogens with one attached hydrogen (secondary N) is 1. The van der Waals surface area contributed by atoms with Crippen molar-refractivity contribution in [2.75, 3.05) is 18.4 Å². The number of tetrazole rings is 1. The van der Waals surface area contributed by atoms with Gasteiger partial charge in [-0.1, -0.05) is 18.2 Å². The number of rotatable bonds is 2. The van der Waals surface area contributed by atoms with Gasteiger partial charge in [-0.15, -0.1) is 5.10 Å². The molecule has 0 saturated carbocycles. The minimum atomic E-state index is -0.0324. The molecule has 2 amide bonds. The molecule has 2 heterocycles. The number of aryl methyl sites for hydroxylation is 1. The Morgan fingerprint density at radius 1 is 1.21 bits per heavy atom. The Morgan fingerprint density at radius 2 is 1.96 bits per heavy atom. The zero-order valence-corrected chi connectivity index (χ0v) is 13.6. The van der Waals surface area contributed by atoms with E-state index in [2.05, 4.69) is 33.0 Å². The molecule has 1 saturated heterocycles. The number of likely N-dealkylation sites (tertiary alicyclic amines) is 1. The van der Waals surface area contributed by atoms with Crippen LogP contribution in [-0.2, 0) is 0 Å². The minimum Gasteiger partial charge on any atom is -0.324 e. The van der Waals surface area contributed by atoms with Crippen LogP contribution in [-0.4, -0.2) is 44.2 Å². The van der Waals surface area contributed by atoms with Gasteiger partial charge in [-0.3, -0.25) is 0 Å².